The molecule has 0 aliphatic heterocycles. The predicted molar refractivity (Wildman–Crippen MR) is 52.3 cm³/mol. The van der Waals surface area contributed by atoms with Crippen molar-refractivity contribution in [2.45, 2.75) is 13.0 Å². The Kier molecular flexibility index (Phi) is 3.19. The Morgan fingerprint density at radius 1 is 1.22 bits per heavy atom. The van der Waals surface area contributed by atoms with Crippen molar-refractivity contribution in [1.82, 2.24) is 10.1 Å². The minimum atomic E-state index is -4.72. The Balaban J connectivity index is 2.17. The number of nitrogens with zero attached hydrogens (tertiary/aromatic N) is 2. The summed E-state index contributed by atoms with van der Waals surface area (Å²) in [5.41, 5.74) is 0.452. The minimum Gasteiger partial charge on any atom is -0.406 e. The standard InChI is InChI=1S/C10H7F3N2O3/c11-10(12,13)17-7-3-1-6(2-4-7)9-14-8(5-16)18-15-9/h1-4,16H,5H2. The number of aliphatic hydroxyl groups is 1. The average Bonchev–Trinajstić information content (AvgIpc) is 2.76. The van der Waals surface area contributed by atoms with Crippen LogP contribution in [-0.2, 0) is 6.61 Å². The van der Waals surface area contributed by atoms with Crippen molar-refractivity contribution in [3.8, 4) is 17.1 Å². The molecule has 0 unspecified atom stereocenters. The van der Waals surface area contributed by atoms with Crippen LogP contribution in [-0.4, -0.2) is 21.6 Å². The lowest BCUT2D eigenvalue weighted by Gasteiger charge is -2.08. The molecule has 2 aromatic rings. The van der Waals surface area contributed by atoms with Crippen LogP contribution in [0.15, 0.2) is 28.8 Å². The van der Waals surface area contributed by atoms with Crippen molar-refractivity contribution < 1.29 is 27.5 Å². The van der Waals surface area contributed by atoms with E-state index in [4.69, 9.17) is 5.11 Å². The number of hydrogen-bond donors (Lipinski definition) is 1. The van der Waals surface area contributed by atoms with Gasteiger partial charge in [-0.1, -0.05) is 5.16 Å². The number of alkyl halides is 3. The second-order valence-corrected chi connectivity index (χ2v) is 3.24. The molecule has 0 aliphatic carbocycles. The van der Waals surface area contributed by atoms with Crippen molar-refractivity contribution in [2.75, 3.05) is 0 Å². The molecule has 1 N–H and O–H groups in total. The highest BCUT2D eigenvalue weighted by Gasteiger charge is 2.31. The van der Waals surface area contributed by atoms with Gasteiger partial charge >= 0.3 is 6.36 Å². The highest BCUT2D eigenvalue weighted by Crippen LogP contribution is 2.25. The Bertz CT molecular complexity index is 522. The SMILES string of the molecule is OCc1nc(-c2ccc(OC(F)(F)F)cc2)no1. The number of aromatic nitrogens is 2. The zero-order valence-corrected chi connectivity index (χ0v) is 8.81. The molecule has 0 saturated carbocycles. The predicted octanol–water partition coefficient (Wildman–Crippen LogP) is 2.13. The van der Waals surface area contributed by atoms with E-state index in [1.54, 1.807) is 0 Å². The molecule has 0 amide bonds. The largest absolute Gasteiger partial charge is 0.573 e. The summed E-state index contributed by atoms with van der Waals surface area (Å²) in [6, 6.07) is 4.98. The van der Waals surface area contributed by atoms with E-state index in [9.17, 15) is 13.2 Å². The molecule has 0 saturated heterocycles. The summed E-state index contributed by atoms with van der Waals surface area (Å²) < 4.78 is 44.1. The van der Waals surface area contributed by atoms with E-state index < -0.39 is 13.0 Å². The lowest BCUT2D eigenvalue weighted by atomic mass is 10.2. The van der Waals surface area contributed by atoms with Gasteiger partial charge in [0, 0.05) is 5.56 Å². The van der Waals surface area contributed by atoms with Gasteiger partial charge in [-0.3, -0.25) is 0 Å². The van der Waals surface area contributed by atoms with E-state index in [-0.39, 0.29) is 17.5 Å². The van der Waals surface area contributed by atoms with Gasteiger partial charge in [-0.25, -0.2) is 0 Å². The van der Waals surface area contributed by atoms with E-state index in [2.05, 4.69) is 19.4 Å². The van der Waals surface area contributed by atoms with Gasteiger partial charge in [-0.05, 0) is 24.3 Å². The van der Waals surface area contributed by atoms with Crippen LogP contribution in [0.4, 0.5) is 13.2 Å². The molecule has 8 heteroatoms. The molecule has 0 aliphatic rings. The summed E-state index contributed by atoms with van der Waals surface area (Å²) in [7, 11) is 0. The van der Waals surface area contributed by atoms with Gasteiger partial charge in [0.1, 0.15) is 12.4 Å². The fourth-order valence-corrected chi connectivity index (χ4v) is 1.24. The number of aliphatic hydroxyl groups excluding tert-OH is 1. The van der Waals surface area contributed by atoms with Crippen LogP contribution in [0.1, 0.15) is 5.89 Å². The summed E-state index contributed by atoms with van der Waals surface area (Å²) in [5.74, 6) is -0.129. The summed E-state index contributed by atoms with van der Waals surface area (Å²) in [6.45, 7) is -0.401. The fourth-order valence-electron chi connectivity index (χ4n) is 1.24. The van der Waals surface area contributed by atoms with Gasteiger partial charge in [0.15, 0.2) is 0 Å². The van der Waals surface area contributed by atoms with E-state index in [0.29, 0.717) is 5.56 Å². The van der Waals surface area contributed by atoms with Crippen LogP contribution >= 0.6 is 0 Å². The maximum atomic E-state index is 11.9. The third-order valence-electron chi connectivity index (χ3n) is 1.95. The molecule has 2 rings (SSSR count). The van der Waals surface area contributed by atoms with Gasteiger partial charge in [-0.2, -0.15) is 4.98 Å². The van der Waals surface area contributed by atoms with Gasteiger partial charge in [0.2, 0.25) is 5.82 Å². The third-order valence-corrected chi connectivity index (χ3v) is 1.95. The van der Waals surface area contributed by atoms with E-state index in [0.717, 1.165) is 12.1 Å². The molecule has 1 aromatic carbocycles. The van der Waals surface area contributed by atoms with Crippen LogP contribution in [0, 0.1) is 0 Å². The lowest BCUT2D eigenvalue weighted by molar-refractivity contribution is -0.274. The molecular formula is C10H7F3N2O3. The highest BCUT2D eigenvalue weighted by atomic mass is 19.4. The first-order valence-corrected chi connectivity index (χ1v) is 4.77. The van der Waals surface area contributed by atoms with Crippen molar-refractivity contribution >= 4 is 0 Å². The molecule has 5 nitrogen and oxygen atoms in total. The topological polar surface area (TPSA) is 68.4 Å². The summed E-state index contributed by atoms with van der Waals surface area (Å²) in [5, 5.41) is 12.3. The molecule has 0 atom stereocenters. The van der Waals surface area contributed by atoms with E-state index in [1.807, 2.05) is 0 Å². The Morgan fingerprint density at radius 2 is 1.89 bits per heavy atom. The first kappa shape index (κ1) is 12.4. The van der Waals surface area contributed by atoms with E-state index in [1.165, 1.54) is 12.1 Å². The molecule has 18 heavy (non-hydrogen) atoms. The zero-order chi connectivity index (χ0) is 13.2. The molecule has 0 bridgehead atoms. The molecule has 0 spiro atoms. The third kappa shape index (κ3) is 2.98. The van der Waals surface area contributed by atoms with Crippen LogP contribution in [0.5, 0.6) is 5.75 Å². The fraction of sp³-hybridized carbons (Fsp3) is 0.200. The second-order valence-electron chi connectivity index (χ2n) is 3.24. The maximum Gasteiger partial charge on any atom is 0.573 e. The van der Waals surface area contributed by atoms with E-state index >= 15 is 0 Å². The molecule has 96 valence electrons. The van der Waals surface area contributed by atoms with Crippen molar-refractivity contribution in [3.05, 3.63) is 30.2 Å². The number of halogens is 3. The normalized spacial score (nSPS) is 11.6. The van der Waals surface area contributed by atoms with Crippen molar-refractivity contribution in [1.29, 1.82) is 0 Å². The minimum absolute atomic E-state index is 0.0284. The highest BCUT2D eigenvalue weighted by molar-refractivity contribution is 5.55. The number of hydrogen-bond acceptors (Lipinski definition) is 5. The summed E-state index contributed by atoms with van der Waals surface area (Å²) >= 11 is 0. The quantitative estimate of drug-likeness (QED) is 0.915. The molecule has 0 radical (unpaired) electrons. The monoisotopic (exact) mass is 260 g/mol. The Labute approximate surface area is 98.8 Å². The maximum absolute atomic E-state index is 11.9. The van der Waals surface area contributed by atoms with Crippen LogP contribution in [0.2, 0.25) is 0 Å². The van der Waals surface area contributed by atoms with Crippen LogP contribution in [0.25, 0.3) is 11.4 Å². The molecular weight excluding hydrogens is 253 g/mol. The molecule has 0 fully saturated rings. The van der Waals surface area contributed by atoms with Gasteiger partial charge in [0.25, 0.3) is 5.89 Å². The van der Waals surface area contributed by atoms with Crippen molar-refractivity contribution in [3.63, 3.8) is 0 Å². The number of benzene rings is 1. The second kappa shape index (κ2) is 4.65. The van der Waals surface area contributed by atoms with Gasteiger partial charge < -0.3 is 14.4 Å². The zero-order valence-electron chi connectivity index (χ0n) is 8.81. The average molecular weight is 260 g/mol. The van der Waals surface area contributed by atoms with Crippen LogP contribution in [0.3, 0.4) is 0 Å². The summed E-state index contributed by atoms with van der Waals surface area (Å²) in [6.07, 6.45) is -4.72. The molecule has 1 heterocycles. The first-order chi connectivity index (χ1) is 8.48. The Hall–Kier alpha value is -2.09. The van der Waals surface area contributed by atoms with Crippen molar-refractivity contribution in [2.24, 2.45) is 0 Å². The first-order valence-electron chi connectivity index (χ1n) is 4.77. The van der Waals surface area contributed by atoms with Crippen LogP contribution < -0.4 is 4.74 Å². The Morgan fingerprint density at radius 3 is 2.39 bits per heavy atom. The smallest absolute Gasteiger partial charge is 0.406 e. The lowest BCUT2D eigenvalue weighted by Crippen LogP contribution is -2.16. The van der Waals surface area contributed by atoms with Gasteiger partial charge in [0.05, 0.1) is 0 Å². The van der Waals surface area contributed by atoms with Gasteiger partial charge in [-0.15, -0.1) is 13.2 Å². The number of rotatable bonds is 3. The molecule has 1 aromatic heterocycles. The summed E-state index contributed by atoms with van der Waals surface area (Å²) in [4.78, 5) is 3.81. The number of ether oxygens (including phenoxy) is 1.